The van der Waals surface area contributed by atoms with E-state index in [4.69, 9.17) is 10.6 Å². The first-order valence-corrected chi connectivity index (χ1v) is 15.6. The Kier molecular flexibility index (Phi) is 9.06. The molecule has 0 aliphatic carbocycles. The molecule has 0 saturated carbocycles. The summed E-state index contributed by atoms with van der Waals surface area (Å²) >= 11 is 3.45. The summed E-state index contributed by atoms with van der Waals surface area (Å²) in [6.07, 6.45) is 0.826. The zero-order chi connectivity index (χ0) is 32.4. The van der Waals surface area contributed by atoms with Gasteiger partial charge in [-0.2, -0.15) is 4.98 Å². The first-order valence-electron chi connectivity index (χ1n) is 12.7. The number of aromatic amines is 1. The molecule has 1 unspecified atom stereocenters. The number of amides is 2. The third-order valence-corrected chi connectivity index (χ3v) is 9.62. The number of nitrogen functional groups attached to an aromatic ring is 1. The lowest BCUT2D eigenvalue weighted by Crippen LogP contribution is -2.70. The molecular formula is C25H22N8O9S3. The number of carboxylic acids is 2. The van der Waals surface area contributed by atoms with Gasteiger partial charge < -0.3 is 26.1 Å². The smallest absolute Gasteiger partial charge is 0.352 e. The molecule has 20 heteroatoms. The summed E-state index contributed by atoms with van der Waals surface area (Å²) in [6, 6.07) is 3.34. The van der Waals surface area contributed by atoms with Crippen molar-refractivity contribution in [3.63, 3.8) is 0 Å². The number of carboxylic acid groups (broad SMARTS) is 2. The molecule has 0 bridgehead atoms. The lowest BCUT2D eigenvalue weighted by Gasteiger charge is -2.49. The number of H-pyrrole nitrogens is 1. The number of nitrogens with one attached hydrogen (secondary N) is 2. The second-order valence-electron chi connectivity index (χ2n) is 9.40. The van der Waals surface area contributed by atoms with Crippen molar-refractivity contribution in [1.29, 1.82) is 0 Å². The lowest BCUT2D eigenvalue weighted by atomic mass is 10.0. The molecule has 2 aliphatic heterocycles. The summed E-state index contributed by atoms with van der Waals surface area (Å²) in [4.78, 5) is 86.2. The van der Waals surface area contributed by atoms with E-state index < -0.39 is 46.3 Å². The molecule has 234 valence electrons. The number of nitrogens with zero attached hydrogens (tertiary/aromatic N) is 5. The molecule has 2 aliphatic rings. The minimum Gasteiger partial charge on any atom is -0.478 e. The summed E-state index contributed by atoms with van der Waals surface area (Å²) in [5, 5.41) is 29.1. The van der Waals surface area contributed by atoms with Crippen molar-refractivity contribution in [3.05, 3.63) is 66.7 Å². The third kappa shape index (κ3) is 6.61. The van der Waals surface area contributed by atoms with Crippen molar-refractivity contribution in [2.45, 2.75) is 23.2 Å². The molecule has 2 amide bonds. The molecule has 1 saturated heterocycles. The van der Waals surface area contributed by atoms with Crippen LogP contribution in [0.4, 0.5) is 5.13 Å². The quantitative estimate of drug-likeness (QED) is 0.0586. The van der Waals surface area contributed by atoms with Gasteiger partial charge >= 0.3 is 23.1 Å². The number of nitrogens with two attached hydrogens (primary N) is 1. The number of carbonyl (C=O) groups excluding carboxylic acids is 2. The van der Waals surface area contributed by atoms with Gasteiger partial charge in [-0.15, -0.1) is 23.1 Å². The predicted octanol–water partition coefficient (Wildman–Crippen LogP) is -0.0942. The second kappa shape index (κ2) is 13.0. The number of aromatic carboxylic acids is 1. The number of thioether (sulfide) groups is 2. The number of hydrogen-bond donors (Lipinski definition) is 5. The normalized spacial score (nSPS) is 17.6. The van der Waals surface area contributed by atoms with Crippen molar-refractivity contribution in [2.24, 2.45) is 12.2 Å². The number of benzene rings is 1. The molecule has 0 radical (unpaired) electrons. The van der Waals surface area contributed by atoms with E-state index in [1.54, 1.807) is 5.38 Å². The number of anilines is 1. The second-order valence-corrected chi connectivity index (χ2v) is 12.3. The van der Waals surface area contributed by atoms with Crippen LogP contribution in [0.3, 0.4) is 0 Å². The number of aryl methyl sites for hydroxylation is 1. The Hall–Kier alpha value is -4.95. The van der Waals surface area contributed by atoms with Crippen molar-refractivity contribution in [2.75, 3.05) is 17.2 Å². The van der Waals surface area contributed by atoms with Crippen LogP contribution in [-0.4, -0.2) is 87.8 Å². The molecule has 4 heterocycles. The highest BCUT2D eigenvalue weighted by Crippen LogP contribution is 2.41. The molecule has 2 atom stereocenters. The number of carbonyl (C=O) groups is 4. The van der Waals surface area contributed by atoms with Crippen LogP contribution in [0.15, 0.2) is 54.8 Å². The van der Waals surface area contributed by atoms with Gasteiger partial charge in [-0.25, -0.2) is 14.6 Å². The maximum atomic E-state index is 12.9. The van der Waals surface area contributed by atoms with Crippen LogP contribution in [0, 0.1) is 0 Å². The van der Waals surface area contributed by atoms with Gasteiger partial charge in [0.1, 0.15) is 29.9 Å². The van der Waals surface area contributed by atoms with Gasteiger partial charge in [0.2, 0.25) is 0 Å². The maximum absolute atomic E-state index is 12.9. The standard InChI is InChI=1S/C25H22N8O9S3/c1-32-25(30-18(35)19(36)31-32)45-8-12-7-43-21-16(20(37)33(21)17(12)23(40)41)29-15(34)5-27-42-6-11-3-2-10(22(38)39)4-13(11)14-9-44-24(26)28-14/h2-5,9,16,21H,6-8H2,1H3,(H2,26,28)(H,29,34)(H,31,36)(H,38,39)(H,40,41)/t16?,21-/m0/s1. The van der Waals surface area contributed by atoms with E-state index >= 15 is 0 Å². The number of oxime groups is 1. The topological polar surface area (TPSA) is 252 Å². The highest BCUT2D eigenvalue weighted by Gasteiger charge is 2.54. The van der Waals surface area contributed by atoms with Crippen molar-refractivity contribution in [3.8, 4) is 11.3 Å². The number of aromatic nitrogens is 4. The van der Waals surface area contributed by atoms with Gasteiger partial charge in [-0.3, -0.25) is 33.9 Å². The van der Waals surface area contributed by atoms with E-state index in [1.165, 1.54) is 53.0 Å². The van der Waals surface area contributed by atoms with Crippen molar-refractivity contribution >= 4 is 70.0 Å². The van der Waals surface area contributed by atoms with E-state index in [9.17, 15) is 39.0 Å². The number of rotatable bonds is 11. The minimum atomic E-state index is -1.33. The van der Waals surface area contributed by atoms with E-state index in [2.05, 4.69) is 25.5 Å². The molecule has 5 rings (SSSR count). The highest BCUT2D eigenvalue weighted by atomic mass is 32.2. The average Bonchev–Trinajstić information content (AvgIpc) is 3.44. The van der Waals surface area contributed by atoms with Gasteiger partial charge in [0.05, 0.1) is 11.3 Å². The Labute approximate surface area is 264 Å². The summed E-state index contributed by atoms with van der Waals surface area (Å²) in [6.45, 7) is -0.138. The monoisotopic (exact) mass is 674 g/mol. The van der Waals surface area contributed by atoms with Crippen LogP contribution in [0.2, 0.25) is 0 Å². The molecule has 0 spiro atoms. The third-order valence-electron chi connectivity index (χ3n) is 6.49. The summed E-state index contributed by atoms with van der Waals surface area (Å²) < 4.78 is 1.24. The summed E-state index contributed by atoms with van der Waals surface area (Å²) in [7, 11) is 1.48. The van der Waals surface area contributed by atoms with Crippen molar-refractivity contribution < 1.29 is 34.2 Å². The first-order chi connectivity index (χ1) is 21.4. The van der Waals surface area contributed by atoms with Crippen LogP contribution < -0.4 is 22.2 Å². The highest BCUT2D eigenvalue weighted by molar-refractivity contribution is 8.01. The molecule has 17 nitrogen and oxygen atoms in total. The van der Waals surface area contributed by atoms with Crippen LogP contribution in [0.25, 0.3) is 11.3 Å². The van der Waals surface area contributed by atoms with E-state index in [0.29, 0.717) is 27.5 Å². The maximum Gasteiger partial charge on any atom is 0.352 e. The lowest BCUT2D eigenvalue weighted by molar-refractivity contribution is -0.150. The van der Waals surface area contributed by atoms with Gasteiger partial charge in [0.25, 0.3) is 11.8 Å². The number of hydrogen-bond acceptors (Lipinski definition) is 14. The van der Waals surface area contributed by atoms with E-state index in [-0.39, 0.29) is 34.5 Å². The Bertz CT molecular complexity index is 1900. The summed E-state index contributed by atoms with van der Waals surface area (Å²) in [5.74, 6) is -3.54. The largest absolute Gasteiger partial charge is 0.478 e. The van der Waals surface area contributed by atoms with Crippen molar-refractivity contribution in [1.82, 2.24) is 30.0 Å². The number of fused-ring (bicyclic) bond motifs is 1. The molecular weight excluding hydrogens is 653 g/mol. The number of aliphatic carboxylic acids is 1. The minimum absolute atomic E-state index is 0.0347. The number of thiazole rings is 1. The average molecular weight is 675 g/mol. The number of β-lactam (4-membered cyclic amide) rings is 1. The molecule has 6 N–H and O–H groups in total. The van der Waals surface area contributed by atoms with Crippen LogP contribution >= 0.6 is 34.9 Å². The molecule has 1 aromatic carbocycles. The molecule has 3 aromatic rings. The Morgan fingerprint density at radius 2 is 2.02 bits per heavy atom. The Morgan fingerprint density at radius 1 is 1.24 bits per heavy atom. The van der Waals surface area contributed by atoms with Crippen LogP contribution in [0.5, 0.6) is 0 Å². The SMILES string of the molecule is Cn1[nH]c(=O)c(=O)nc1SCC1=C(C(=O)O)N2C(=O)C(NC(=O)C=NOCc3ccc(C(=O)O)cc3-c3csc(N)n3)[C@@H]2SC1. The molecule has 45 heavy (non-hydrogen) atoms. The van der Waals surface area contributed by atoms with E-state index in [1.807, 2.05) is 0 Å². The Balaban J connectivity index is 1.20. The van der Waals surface area contributed by atoms with Crippen LogP contribution in [-0.2, 0) is 32.9 Å². The van der Waals surface area contributed by atoms with Crippen LogP contribution in [0.1, 0.15) is 15.9 Å². The van der Waals surface area contributed by atoms with E-state index in [0.717, 1.165) is 22.9 Å². The van der Waals surface area contributed by atoms with Gasteiger partial charge in [0.15, 0.2) is 10.3 Å². The Morgan fingerprint density at radius 3 is 2.71 bits per heavy atom. The molecule has 1 fully saturated rings. The van der Waals surface area contributed by atoms with Gasteiger partial charge in [0, 0.05) is 35.1 Å². The fourth-order valence-electron chi connectivity index (χ4n) is 4.40. The first kappa shape index (κ1) is 31.5. The fraction of sp³-hybridized carbons (Fsp3) is 0.240. The predicted molar refractivity (Wildman–Crippen MR) is 163 cm³/mol. The van der Waals surface area contributed by atoms with Gasteiger partial charge in [-0.1, -0.05) is 23.0 Å². The molecule has 2 aromatic heterocycles. The zero-order valence-corrected chi connectivity index (χ0v) is 25.4. The van der Waals surface area contributed by atoms with Gasteiger partial charge in [-0.05, 0) is 17.7 Å². The fourth-order valence-corrected chi connectivity index (χ4v) is 7.37. The zero-order valence-electron chi connectivity index (χ0n) is 23.0. The summed E-state index contributed by atoms with van der Waals surface area (Å²) in [5.41, 5.74) is 5.51.